The monoisotopic (exact) mass is 428 g/mol. The molecule has 31 heavy (non-hydrogen) atoms. The maximum absolute atomic E-state index is 11.3. The second-order valence-electron chi connectivity index (χ2n) is 12.5. The smallest absolute Gasteiger partial charge is 0.0757 e. The van der Waals surface area contributed by atoms with Crippen LogP contribution in [0, 0.1) is 46.3 Å². The van der Waals surface area contributed by atoms with Crippen molar-refractivity contribution in [2.45, 2.75) is 111 Å². The Morgan fingerprint density at radius 3 is 2.52 bits per heavy atom. The van der Waals surface area contributed by atoms with Crippen LogP contribution in [0.15, 0.2) is 23.8 Å². The SMILES string of the molecule is C=C(C)[C@@H](CC)CC[C@@H](C)[C@H]1CC[C@H]2[C@@H]3[C@H](O)C=C4C[C@@H](O)CC[C@]4(C)[C@H]3CC[C@]12C. The summed E-state index contributed by atoms with van der Waals surface area (Å²) in [4.78, 5) is 0. The molecule has 0 unspecified atom stereocenters. The summed E-state index contributed by atoms with van der Waals surface area (Å²) >= 11 is 0. The minimum Gasteiger partial charge on any atom is -0.393 e. The van der Waals surface area contributed by atoms with E-state index in [0.29, 0.717) is 29.1 Å². The van der Waals surface area contributed by atoms with Gasteiger partial charge in [-0.1, -0.05) is 51.5 Å². The molecule has 0 aliphatic heterocycles. The van der Waals surface area contributed by atoms with Crippen molar-refractivity contribution in [3.05, 3.63) is 23.8 Å². The van der Waals surface area contributed by atoms with Crippen LogP contribution in [0.4, 0.5) is 0 Å². The Labute approximate surface area is 191 Å². The van der Waals surface area contributed by atoms with E-state index in [9.17, 15) is 10.2 Å². The van der Waals surface area contributed by atoms with E-state index in [4.69, 9.17) is 0 Å². The van der Waals surface area contributed by atoms with Crippen molar-refractivity contribution in [3.8, 4) is 0 Å². The highest BCUT2D eigenvalue weighted by Gasteiger charge is 2.61. The molecule has 3 saturated carbocycles. The predicted molar refractivity (Wildman–Crippen MR) is 130 cm³/mol. The highest BCUT2D eigenvalue weighted by molar-refractivity contribution is 5.27. The molecule has 4 aliphatic carbocycles. The second-order valence-corrected chi connectivity index (χ2v) is 12.5. The number of hydrogen-bond acceptors (Lipinski definition) is 2. The number of hydrogen-bond donors (Lipinski definition) is 2. The summed E-state index contributed by atoms with van der Waals surface area (Å²) in [5, 5.41) is 21.6. The van der Waals surface area contributed by atoms with Crippen LogP contribution >= 0.6 is 0 Å². The molecule has 3 fully saturated rings. The van der Waals surface area contributed by atoms with Gasteiger partial charge in [0.1, 0.15) is 0 Å². The molecule has 4 rings (SSSR count). The van der Waals surface area contributed by atoms with Crippen LogP contribution < -0.4 is 0 Å². The van der Waals surface area contributed by atoms with Crippen LogP contribution in [0.5, 0.6) is 0 Å². The topological polar surface area (TPSA) is 40.5 Å². The fourth-order valence-corrected chi connectivity index (χ4v) is 9.07. The van der Waals surface area contributed by atoms with Gasteiger partial charge in [-0.05, 0) is 117 Å². The first-order valence-electron chi connectivity index (χ1n) is 13.3. The average Bonchev–Trinajstić information content (AvgIpc) is 3.06. The zero-order valence-corrected chi connectivity index (χ0v) is 20.9. The Morgan fingerprint density at radius 2 is 1.84 bits per heavy atom. The highest BCUT2D eigenvalue weighted by Crippen LogP contribution is 2.67. The van der Waals surface area contributed by atoms with E-state index in [-0.39, 0.29) is 17.6 Å². The van der Waals surface area contributed by atoms with Gasteiger partial charge in [-0.25, -0.2) is 0 Å². The minimum atomic E-state index is -0.315. The molecule has 0 saturated heterocycles. The zero-order valence-electron chi connectivity index (χ0n) is 20.9. The third kappa shape index (κ3) is 3.88. The fraction of sp³-hybridized carbons (Fsp3) is 0.862. The third-order valence-corrected chi connectivity index (χ3v) is 11.0. The number of aliphatic hydroxyl groups excluding tert-OH is 2. The molecule has 0 bridgehead atoms. The Hall–Kier alpha value is -0.600. The van der Waals surface area contributed by atoms with Gasteiger partial charge in [0.25, 0.3) is 0 Å². The third-order valence-electron chi connectivity index (χ3n) is 11.0. The fourth-order valence-electron chi connectivity index (χ4n) is 9.07. The zero-order chi connectivity index (χ0) is 22.6. The first-order chi connectivity index (χ1) is 14.6. The average molecular weight is 429 g/mol. The van der Waals surface area contributed by atoms with Crippen LogP contribution in [0.2, 0.25) is 0 Å². The van der Waals surface area contributed by atoms with Gasteiger partial charge < -0.3 is 10.2 Å². The second kappa shape index (κ2) is 8.64. The summed E-state index contributed by atoms with van der Waals surface area (Å²) in [7, 11) is 0. The summed E-state index contributed by atoms with van der Waals surface area (Å²) in [6.07, 6.45) is 13.5. The Kier molecular flexibility index (Phi) is 6.56. The van der Waals surface area contributed by atoms with E-state index in [2.05, 4.69) is 47.3 Å². The lowest BCUT2D eigenvalue weighted by Gasteiger charge is -2.59. The van der Waals surface area contributed by atoms with Gasteiger partial charge in [-0.3, -0.25) is 0 Å². The predicted octanol–water partition coefficient (Wildman–Crippen LogP) is 6.92. The number of aliphatic hydroxyl groups is 2. The quantitative estimate of drug-likeness (QED) is 0.451. The van der Waals surface area contributed by atoms with Crippen molar-refractivity contribution < 1.29 is 10.2 Å². The van der Waals surface area contributed by atoms with E-state index < -0.39 is 0 Å². The summed E-state index contributed by atoms with van der Waals surface area (Å²) < 4.78 is 0. The molecular weight excluding hydrogens is 380 g/mol. The van der Waals surface area contributed by atoms with Crippen molar-refractivity contribution in [1.29, 1.82) is 0 Å². The van der Waals surface area contributed by atoms with Crippen molar-refractivity contribution in [1.82, 2.24) is 0 Å². The van der Waals surface area contributed by atoms with Gasteiger partial charge >= 0.3 is 0 Å². The molecular formula is C29H48O2. The van der Waals surface area contributed by atoms with Crippen molar-refractivity contribution >= 4 is 0 Å². The standard InChI is InChI=1S/C29H48O2/c1-7-20(18(2)3)9-8-19(4)23-10-11-24-27-25(13-15-29(23,24)6)28(5)14-12-22(30)16-21(28)17-26(27)31/h17,19-20,22-27,30-31H,2,7-16H2,1,3-6H3/t19-,20+,22+,23-,24+,25+,26-,27+,28+,29-/m1/s1. The van der Waals surface area contributed by atoms with E-state index in [1.54, 1.807) is 0 Å². The van der Waals surface area contributed by atoms with Crippen molar-refractivity contribution in [3.63, 3.8) is 0 Å². The summed E-state index contributed by atoms with van der Waals surface area (Å²) in [6.45, 7) is 16.3. The molecule has 2 heteroatoms. The van der Waals surface area contributed by atoms with Crippen LogP contribution in [0.3, 0.4) is 0 Å². The Morgan fingerprint density at radius 1 is 1.10 bits per heavy atom. The molecule has 0 aromatic rings. The van der Waals surface area contributed by atoms with Crippen LogP contribution in [0.1, 0.15) is 98.8 Å². The van der Waals surface area contributed by atoms with Crippen LogP contribution in [-0.2, 0) is 0 Å². The van der Waals surface area contributed by atoms with Gasteiger partial charge in [0.05, 0.1) is 12.2 Å². The van der Waals surface area contributed by atoms with Gasteiger partial charge in [0, 0.05) is 0 Å². The number of allylic oxidation sites excluding steroid dienone is 1. The summed E-state index contributed by atoms with van der Waals surface area (Å²) in [5.74, 6) is 3.88. The largest absolute Gasteiger partial charge is 0.393 e. The molecule has 2 nitrogen and oxygen atoms in total. The lowest BCUT2D eigenvalue weighted by molar-refractivity contribution is -0.0971. The molecule has 0 heterocycles. The van der Waals surface area contributed by atoms with E-state index in [0.717, 1.165) is 31.1 Å². The van der Waals surface area contributed by atoms with E-state index in [1.807, 2.05) is 0 Å². The molecule has 0 aromatic carbocycles. The van der Waals surface area contributed by atoms with Crippen LogP contribution in [-0.4, -0.2) is 22.4 Å². The Balaban J connectivity index is 1.52. The van der Waals surface area contributed by atoms with Crippen LogP contribution in [0.25, 0.3) is 0 Å². The van der Waals surface area contributed by atoms with Gasteiger partial charge in [0.2, 0.25) is 0 Å². The van der Waals surface area contributed by atoms with E-state index >= 15 is 0 Å². The van der Waals surface area contributed by atoms with Crippen molar-refractivity contribution in [2.75, 3.05) is 0 Å². The van der Waals surface area contributed by atoms with E-state index in [1.165, 1.54) is 56.1 Å². The normalized spacial score (nSPS) is 46.4. The maximum atomic E-state index is 11.3. The molecule has 0 radical (unpaired) electrons. The van der Waals surface area contributed by atoms with Gasteiger partial charge in [0.15, 0.2) is 0 Å². The Bertz CT molecular complexity index is 710. The first kappa shape index (κ1) is 23.6. The van der Waals surface area contributed by atoms with Crippen molar-refractivity contribution in [2.24, 2.45) is 46.3 Å². The molecule has 10 atom stereocenters. The lowest BCUT2D eigenvalue weighted by atomic mass is 9.46. The summed E-state index contributed by atoms with van der Waals surface area (Å²) in [5.41, 5.74) is 3.29. The molecule has 0 amide bonds. The lowest BCUT2D eigenvalue weighted by Crippen LogP contribution is -2.54. The highest BCUT2D eigenvalue weighted by atomic mass is 16.3. The van der Waals surface area contributed by atoms with Gasteiger partial charge in [-0.2, -0.15) is 0 Å². The number of fused-ring (bicyclic) bond motifs is 5. The number of rotatable bonds is 6. The maximum Gasteiger partial charge on any atom is 0.0757 e. The minimum absolute atomic E-state index is 0.198. The first-order valence-corrected chi connectivity index (χ1v) is 13.3. The molecule has 4 aliphatic rings. The molecule has 0 spiro atoms. The molecule has 2 N–H and O–H groups in total. The summed E-state index contributed by atoms with van der Waals surface area (Å²) in [6, 6.07) is 0. The molecule has 0 aromatic heterocycles. The van der Waals surface area contributed by atoms with Gasteiger partial charge in [-0.15, -0.1) is 0 Å². The molecule has 176 valence electrons.